The first-order chi connectivity index (χ1) is 8.22. The Morgan fingerprint density at radius 1 is 1.59 bits per heavy atom. The van der Waals surface area contributed by atoms with Crippen LogP contribution in [0.3, 0.4) is 0 Å². The Morgan fingerprint density at radius 2 is 2.41 bits per heavy atom. The molecule has 0 saturated carbocycles. The predicted octanol–water partition coefficient (Wildman–Crippen LogP) is 3.08. The summed E-state index contributed by atoms with van der Waals surface area (Å²) >= 11 is 9.48. The minimum atomic E-state index is 0.527. The monoisotopic (exact) mass is 317 g/mol. The second-order valence-electron chi connectivity index (χ2n) is 4.36. The molecular formula is C12H17BrClN3. The highest BCUT2D eigenvalue weighted by Crippen LogP contribution is 2.30. The molecular weight excluding hydrogens is 302 g/mol. The average Bonchev–Trinajstić information content (AvgIpc) is 2.31. The molecule has 2 rings (SSSR count). The van der Waals surface area contributed by atoms with Gasteiger partial charge in [-0.3, -0.25) is 0 Å². The Kier molecular flexibility index (Phi) is 4.65. The number of hydrogen-bond acceptors (Lipinski definition) is 3. The minimum absolute atomic E-state index is 0.527. The number of nitrogens with zero attached hydrogens (tertiary/aromatic N) is 2. The van der Waals surface area contributed by atoms with Gasteiger partial charge in [-0.1, -0.05) is 11.6 Å². The number of rotatable bonds is 3. The standard InChI is InChI=1S/C12H17BrClN3/c1-15-8-10-4-2-3-5-17(10)12-11(13)6-9(14)7-16-12/h6-7,10,15H,2-5,8H2,1H3. The van der Waals surface area contributed by atoms with E-state index >= 15 is 0 Å². The molecule has 2 heterocycles. The molecule has 17 heavy (non-hydrogen) atoms. The van der Waals surface area contributed by atoms with Crippen LogP contribution in [0.25, 0.3) is 0 Å². The molecule has 1 aromatic heterocycles. The van der Waals surface area contributed by atoms with Crippen LogP contribution in [0.4, 0.5) is 5.82 Å². The van der Waals surface area contributed by atoms with Gasteiger partial charge in [0.05, 0.1) is 9.50 Å². The van der Waals surface area contributed by atoms with E-state index in [1.165, 1.54) is 19.3 Å². The number of halogens is 2. The molecule has 0 radical (unpaired) electrons. The van der Waals surface area contributed by atoms with Crippen molar-refractivity contribution in [2.75, 3.05) is 25.0 Å². The Bertz CT molecular complexity index is 384. The van der Waals surface area contributed by atoms with Crippen molar-refractivity contribution >= 4 is 33.3 Å². The molecule has 1 aliphatic heterocycles. The Morgan fingerprint density at radius 3 is 3.12 bits per heavy atom. The molecule has 0 aromatic carbocycles. The smallest absolute Gasteiger partial charge is 0.143 e. The molecule has 0 spiro atoms. The molecule has 5 heteroatoms. The van der Waals surface area contributed by atoms with E-state index < -0.39 is 0 Å². The van der Waals surface area contributed by atoms with Crippen molar-refractivity contribution in [1.29, 1.82) is 0 Å². The summed E-state index contributed by atoms with van der Waals surface area (Å²) in [7, 11) is 2.00. The molecule has 3 nitrogen and oxygen atoms in total. The van der Waals surface area contributed by atoms with E-state index in [0.717, 1.165) is 23.4 Å². The Balaban J connectivity index is 2.23. The van der Waals surface area contributed by atoms with Gasteiger partial charge in [-0.05, 0) is 48.3 Å². The zero-order valence-electron chi connectivity index (χ0n) is 9.92. The Labute approximate surface area is 116 Å². The summed E-state index contributed by atoms with van der Waals surface area (Å²) in [6, 6.07) is 2.44. The lowest BCUT2D eigenvalue weighted by Crippen LogP contribution is -2.45. The van der Waals surface area contributed by atoms with Crippen molar-refractivity contribution < 1.29 is 0 Å². The fourth-order valence-corrected chi connectivity index (χ4v) is 3.21. The number of likely N-dealkylation sites (N-methyl/N-ethyl adjacent to an activating group) is 1. The maximum atomic E-state index is 5.93. The second kappa shape index (κ2) is 6.03. The van der Waals surface area contributed by atoms with Crippen LogP contribution in [0.5, 0.6) is 0 Å². The number of nitrogens with one attached hydrogen (secondary N) is 1. The first kappa shape index (κ1) is 13.1. The zero-order valence-corrected chi connectivity index (χ0v) is 12.3. The lowest BCUT2D eigenvalue weighted by molar-refractivity contribution is 0.443. The van der Waals surface area contributed by atoms with Crippen LogP contribution in [0, 0.1) is 0 Å². The van der Waals surface area contributed by atoms with E-state index in [0.29, 0.717) is 11.1 Å². The van der Waals surface area contributed by atoms with Crippen molar-refractivity contribution in [3.8, 4) is 0 Å². The van der Waals surface area contributed by atoms with Gasteiger partial charge in [0.25, 0.3) is 0 Å². The largest absolute Gasteiger partial charge is 0.351 e. The van der Waals surface area contributed by atoms with Crippen molar-refractivity contribution in [2.24, 2.45) is 0 Å². The van der Waals surface area contributed by atoms with Gasteiger partial charge >= 0.3 is 0 Å². The van der Waals surface area contributed by atoms with Gasteiger partial charge in [0.2, 0.25) is 0 Å². The maximum absolute atomic E-state index is 5.93. The highest BCUT2D eigenvalue weighted by atomic mass is 79.9. The van der Waals surface area contributed by atoms with Crippen LogP contribution in [0.1, 0.15) is 19.3 Å². The molecule has 1 unspecified atom stereocenters. The summed E-state index contributed by atoms with van der Waals surface area (Å²) in [6.45, 7) is 2.07. The topological polar surface area (TPSA) is 28.2 Å². The molecule has 0 amide bonds. The summed E-state index contributed by atoms with van der Waals surface area (Å²) in [5, 5.41) is 3.93. The molecule has 1 atom stereocenters. The molecule has 0 bridgehead atoms. The van der Waals surface area contributed by atoms with E-state index in [1.807, 2.05) is 13.1 Å². The van der Waals surface area contributed by atoms with E-state index in [4.69, 9.17) is 11.6 Å². The molecule has 1 aromatic rings. The third-order valence-electron chi connectivity index (χ3n) is 3.13. The summed E-state index contributed by atoms with van der Waals surface area (Å²) in [6.07, 6.45) is 5.47. The summed E-state index contributed by atoms with van der Waals surface area (Å²) in [4.78, 5) is 6.83. The number of pyridine rings is 1. The van der Waals surface area contributed by atoms with Gasteiger partial charge in [-0.15, -0.1) is 0 Å². The Hall–Kier alpha value is -0.320. The third kappa shape index (κ3) is 3.12. The number of anilines is 1. The van der Waals surface area contributed by atoms with E-state index in [2.05, 4.69) is 31.1 Å². The van der Waals surface area contributed by atoms with Crippen molar-refractivity contribution in [3.63, 3.8) is 0 Å². The van der Waals surface area contributed by atoms with Crippen LogP contribution >= 0.6 is 27.5 Å². The predicted molar refractivity (Wildman–Crippen MR) is 75.9 cm³/mol. The summed E-state index contributed by atoms with van der Waals surface area (Å²) < 4.78 is 0.980. The molecule has 1 saturated heterocycles. The molecule has 1 aliphatic rings. The van der Waals surface area contributed by atoms with Crippen LogP contribution in [0.2, 0.25) is 5.02 Å². The number of piperidine rings is 1. The lowest BCUT2D eigenvalue weighted by atomic mass is 10.0. The summed E-state index contributed by atoms with van der Waals surface area (Å²) in [5.41, 5.74) is 0. The van der Waals surface area contributed by atoms with Gasteiger partial charge < -0.3 is 10.2 Å². The fourth-order valence-electron chi connectivity index (χ4n) is 2.35. The molecule has 0 aliphatic carbocycles. The second-order valence-corrected chi connectivity index (χ2v) is 5.65. The maximum Gasteiger partial charge on any atom is 0.143 e. The fraction of sp³-hybridized carbons (Fsp3) is 0.583. The van der Waals surface area contributed by atoms with Crippen LogP contribution in [-0.4, -0.2) is 31.2 Å². The van der Waals surface area contributed by atoms with E-state index in [-0.39, 0.29) is 0 Å². The van der Waals surface area contributed by atoms with Gasteiger partial charge in [0.15, 0.2) is 0 Å². The van der Waals surface area contributed by atoms with Crippen molar-refractivity contribution in [1.82, 2.24) is 10.3 Å². The van der Waals surface area contributed by atoms with Gasteiger partial charge in [0, 0.05) is 25.3 Å². The first-order valence-electron chi connectivity index (χ1n) is 5.94. The minimum Gasteiger partial charge on any atom is -0.351 e. The van der Waals surface area contributed by atoms with Gasteiger partial charge in [-0.2, -0.15) is 0 Å². The third-order valence-corrected chi connectivity index (χ3v) is 3.92. The van der Waals surface area contributed by atoms with Gasteiger partial charge in [0.1, 0.15) is 5.82 Å². The van der Waals surface area contributed by atoms with Crippen LogP contribution in [-0.2, 0) is 0 Å². The van der Waals surface area contributed by atoms with Crippen molar-refractivity contribution in [2.45, 2.75) is 25.3 Å². The summed E-state index contributed by atoms with van der Waals surface area (Å²) in [5.74, 6) is 1.01. The quantitative estimate of drug-likeness (QED) is 0.928. The van der Waals surface area contributed by atoms with Crippen LogP contribution < -0.4 is 10.2 Å². The van der Waals surface area contributed by atoms with Gasteiger partial charge in [-0.25, -0.2) is 4.98 Å². The average molecular weight is 319 g/mol. The van der Waals surface area contributed by atoms with Crippen molar-refractivity contribution in [3.05, 3.63) is 21.8 Å². The number of aromatic nitrogens is 1. The zero-order chi connectivity index (χ0) is 12.3. The SMILES string of the molecule is CNCC1CCCCN1c1ncc(Cl)cc1Br. The highest BCUT2D eigenvalue weighted by Gasteiger charge is 2.24. The van der Waals surface area contributed by atoms with Crippen LogP contribution in [0.15, 0.2) is 16.7 Å². The molecule has 1 fully saturated rings. The van der Waals surface area contributed by atoms with E-state index in [1.54, 1.807) is 6.20 Å². The lowest BCUT2D eigenvalue weighted by Gasteiger charge is -2.37. The van der Waals surface area contributed by atoms with E-state index in [9.17, 15) is 0 Å². The first-order valence-corrected chi connectivity index (χ1v) is 7.11. The molecule has 94 valence electrons. The molecule has 1 N–H and O–H groups in total. The normalized spacial score (nSPS) is 20.6. The number of hydrogen-bond donors (Lipinski definition) is 1. The highest BCUT2D eigenvalue weighted by molar-refractivity contribution is 9.10.